The van der Waals surface area contributed by atoms with Crippen LogP contribution in [0.15, 0.2) is 43.2 Å². The molecule has 0 unspecified atom stereocenters. The van der Waals surface area contributed by atoms with E-state index in [9.17, 15) is 26.7 Å². The van der Waals surface area contributed by atoms with E-state index in [1.54, 1.807) is 0 Å². The highest BCUT2D eigenvalue weighted by Gasteiger charge is 2.37. The molecule has 0 spiro atoms. The molecule has 238 valence electrons. The van der Waals surface area contributed by atoms with E-state index in [4.69, 9.17) is 9.47 Å². The average molecular weight is 635 g/mol. The summed E-state index contributed by atoms with van der Waals surface area (Å²) in [7, 11) is 2.86. The zero-order chi connectivity index (χ0) is 32.1. The van der Waals surface area contributed by atoms with Crippen LogP contribution in [0, 0.1) is 0 Å². The van der Waals surface area contributed by atoms with Crippen LogP contribution in [-0.4, -0.2) is 78.5 Å². The fraction of sp³-hybridized carbons (Fsp3) is 0.407. The Labute approximate surface area is 252 Å². The van der Waals surface area contributed by atoms with Crippen LogP contribution in [0.4, 0.5) is 33.7 Å². The van der Waals surface area contributed by atoms with Crippen molar-refractivity contribution in [1.29, 1.82) is 0 Å². The van der Waals surface area contributed by atoms with Gasteiger partial charge in [-0.15, -0.1) is 0 Å². The number of nitrogens with zero attached hydrogens (tertiary/aromatic N) is 9. The summed E-state index contributed by atoms with van der Waals surface area (Å²) in [5.74, 6) is -0.0994. The van der Waals surface area contributed by atoms with Crippen LogP contribution in [-0.2, 0) is 15.7 Å². The first kappa shape index (κ1) is 31.6. The maximum absolute atomic E-state index is 13.7. The van der Waals surface area contributed by atoms with E-state index >= 15 is 0 Å². The molecule has 0 atom stereocenters. The molecule has 0 radical (unpaired) electrons. The zero-order valence-electron chi connectivity index (χ0n) is 23.9. The van der Waals surface area contributed by atoms with E-state index < -0.39 is 24.0 Å². The van der Waals surface area contributed by atoms with Gasteiger partial charge in [-0.3, -0.25) is 14.7 Å². The Hall–Kier alpha value is -4.87. The number of rotatable bonds is 10. The first-order valence-electron chi connectivity index (χ1n) is 13.6. The lowest BCUT2D eigenvalue weighted by Gasteiger charge is -2.36. The lowest BCUT2D eigenvalue weighted by atomic mass is 9.90. The molecule has 1 amide bonds. The molecule has 45 heavy (non-hydrogen) atoms. The van der Waals surface area contributed by atoms with Crippen molar-refractivity contribution in [3.05, 3.63) is 48.8 Å². The molecule has 13 nitrogen and oxygen atoms in total. The van der Waals surface area contributed by atoms with Gasteiger partial charge in [0.05, 0.1) is 25.2 Å². The van der Waals surface area contributed by atoms with E-state index in [0.717, 1.165) is 12.3 Å². The van der Waals surface area contributed by atoms with Crippen molar-refractivity contribution in [2.24, 2.45) is 0 Å². The normalized spacial score (nSPS) is 16.9. The summed E-state index contributed by atoms with van der Waals surface area (Å²) in [6.45, 7) is -3.21. The molecule has 5 rings (SSSR count). The third-order valence-corrected chi connectivity index (χ3v) is 7.07. The molecule has 1 fully saturated rings. The predicted molar refractivity (Wildman–Crippen MR) is 148 cm³/mol. The quantitative estimate of drug-likeness (QED) is 0.248. The van der Waals surface area contributed by atoms with Crippen molar-refractivity contribution in [2.45, 2.75) is 50.5 Å². The van der Waals surface area contributed by atoms with Crippen molar-refractivity contribution in [1.82, 2.24) is 39.7 Å². The van der Waals surface area contributed by atoms with E-state index in [2.05, 4.69) is 40.3 Å². The summed E-state index contributed by atoms with van der Waals surface area (Å²) in [4.78, 5) is 39.4. The molecule has 1 N–H and O–H groups in total. The number of ether oxygens (including phenoxy) is 2. The lowest BCUT2D eigenvalue weighted by Crippen LogP contribution is -2.46. The van der Waals surface area contributed by atoms with Crippen molar-refractivity contribution < 1.29 is 36.2 Å². The summed E-state index contributed by atoms with van der Waals surface area (Å²) in [6.07, 6.45) is 4.74. The van der Waals surface area contributed by atoms with Gasteiger partial charge < -0.3 is 14.8 Å². The van der Waals surface area contributed by atoms with Gasteiger partial charge in [-0.25, -0.2) is 29.6 Å². The molecule has 4 heterocycles. The summed E-state index contributed by atoms with van der Waals surface area (Å²) in [5, 5.41) is 6.58. The van der Waals surface area contributed by atoms with Gasteiger partial charge in [0.25, 0.3) is 5.91 Å². The number of carbonyl (C=O) groups is 1. The minimum absolute atomic E-state index is 0.107. The van der Waals surface area contributed by atoms with E-state index in [1.807, 2.05) is 0 Å². The molecule has 1 saturated carbocycles. The predicted octanol–water partition coefficient (Wildman–Crippen LogP) is 4.41. The van der Waals surface area contributed by atoms with E-state index in [-0.39, 0.29) is 46.9 Å². The Morgan fingerprint density at radius 2 is 1.73 bits per heavy atom. The number of anilines is 2. The summed E-state index contributed by atoms with van der Waals surface area (Å²) >= 11 is 0. The number of halogens is 5. The van der Waals surface area contributed by atoms with Gasteiger partial charge in [-0.05, 0) is 31.7 Å². The molecular formula is C27H27F5N10O3. The fourth-order valence-corrected chi connectivity index (χ4v) is 4.95. The Balaban J connectivity index is 1.30. The second-order valence-corrected chi connectivity index (χ2v) is 9.98. The second kappa shape index (κ2) is 13.4. The highest BCUT2D eigenvalue weighted by Crippen LogP contribution is 2.36. The fourth-order valence-electron chi connectivity index (χ4n) is 4.95. The van der Waals surface area contributed by atoms with Gasteiger partial charge in [0.15, 0.2) is 5.82 Å². The third kappa shape index (κ3) is 7.27. The number of carbonyl (C=O) groups excluding carboxylic acids is 1. The molecule has 4 aromatic rings. The van der Waals surface area contributed by atoms with Crippen LogP contribution in [0.3, 0.4) is 0 Å². The van der Waals surface area contributed by atoms with Crippen molar-refractivity contribution in [3.63, 3.8) is 0 Å². The van der Waals surface area contributed by atoms with Crippen LogP contribution in [0.2, 0.25) is 0 Å². The summed E-state index contributed by atoms with van der Waals surface area (Å²) < 4.78 is 77.3. The van der Waals surface area contributed by atoms with Crippen LogP contribution >= 0.6 is 0 Å². The Bertz CT molecular complexity index is 1590. The lowest BCUT2D eigenvalue weighted by molar-refractivity contribution is -0.137. The van der Waals surface area contributed by atoms with Gasteiger partial charge in [-0.2, -0.15) is 27.1 Å². The average Bonchev–Trinajstić information content (AvgIpc) is 3.53. The van der Waals surface area contributed by atoms with E-state index in [0.29, 0.717) is 49.0 Å². The number of nitrogens with one attached hydrogen (secondary N) is 1. The molecule has 1 aliphatic carbocycles. The molecule has 0 aliphatic heterocycles. The first-order valence-corrected chi connectivity index (χ1v) is 13.6. The second-order valence-electron chi connectivity index (χ2n) is 9.98. The molecule has 1 aliphatic rings. The SMILES string of the molecule is COCC(=O)N(c1cnc(-c2cnc(OC)nc2)cn1)C1CCC(Nc2ncc(C(F)(F)F)c(-c3ccn(C(F)F)n3)n2)CC1. The Morgan fingerprint density at radius 1 is 1.00 bits per heavy atom. The maximum Gasteiger partial charge on any atom is 0.420 e. The Kier molecular flexibility index (Phi) is 9.40. The van der Waals surface area contributed by atoms with Crippen molar-refractivity contribution in [2.75, 3.05) is 31.0 Å². The number of aromatic nitrogens is 8. The van der Waals surface area contributed by atoms with Gasteiger partial charge >= 0.3 is 18.7 Å². The topological polar surface area (TPSA) is 146 Å². The maximum atomic E-state index is 13.7. The van der Waals surface area contributed by atoms with Crippen molar-refractivity contribution >= 4 is 17.7 Å². The van der Waals surface area contributed by atoms with E-state index in [1.165, 1.54) is 43.9 Å². The molecule has 4 aromatic heterocycles. The van der Waals surface area contributed by atoms with Gasteiger partial charge in [0.1, 0.15) is 23.6 Å². The van der Waals surface area contributed by atoms with Crippen LogP contribution in [0.5, 0.6) is 6.01 Å². The number of methoxy groups -OCH3 is 2. The molecule has 0 saturated heterocycles. The largest absolute Gasteiger partial charge is 0.467 e. The van der Waals surface area contributed by atoms with Crippen LogP contribution < -0.4 is 15.0 Å². The zero-order valence-corrected chi connectivity index (χ0v) is 23.9. The minimum Gasteiger partial charge on any atom is -0.467 e. The first-order chi connectivity index (χ1) is 21.6. The molecule has 0 aromatic carbocycles. The van der Waals surface area contributed by atoms with Gasteiger partial charge in [0, 0.05) is 49.5 Å². The molecular weight excluding hydrogens is 607 g/mol. The number of hydrogen-bond acceptors (Lipinski definition) is 11. The van der Waals surface area contributed by atoms with Gasteiger partial charge in [-0.1, -0.05) is 0 Å². The number of alkyl halides is 5. The molecule has 18 heteroatoms. The number of amides is 1. The van der Waals surface area contributed by atoms with Crippen LogP contribution in [0.25, 0.3) is 22.6 Å². The Morgan fingerprint density at radius 3 is 2.31 bits per heavy atom. The van der Waals surface area contributed by atoms with Crippen molar-refractivity contribution in [3.8, 4) is 28.7 Å². The standard InChI is InChI=1S/C27H27F5N10O3/c1-44-14-22(43)42(21-13-33-20(12-34-21)15-9-36-26(45-2)37-10-15)17-5-3-16(4-6-17)38-25-35-11-18(27(30,31)32)23(39-25)19-7-8-41(40-19)24(28)29/h7-13,16-17,24H,3-6,14H2,1-2H3,(H,35,38,39). The number of hydrogen-bond donors (Lipinski definition) is 1. The highest BCUT2D eigenvalue weighted by atomic mass is 19.4. The third-order valence-electron chi connectivity index (χ3n) is 7.07. The van der Waals surface area contributed by atoms with Gasteiger partial charge in [0.2, 0.25) is 5.95 Å². The monoisotopic (exact) mass is 634 g/mol. The van der Waals surface area contributed by atoms with Crippen LogP contribution in [0.1, 0.15) is 37.8 Å². The highest BCUT2D eigenvalue weighted by molar-refractivity contribution is 5.94. The summed E-state index contributed by atoms with van der Waals surface area (Å²) in [5.41, 5.74) is -1.09. The minimum atomic E-state index is -4.83. The molecule has 0 bridgehead atoms. The summed E-state index contributed by atoms with van der Waals surface area (Å²) in [6, 6.07) is 0.728. The smallest absolute Gasteiger partial charge is 0.420 e.